The summed E-state index contributed by atoms with van der Waals surface area (Å²) in [6.45, 7) is 0.354. The second-order valence-electron chi connectivity index (χ2n) is 6.18. The van der Waals surface area contributed by atoms with Gasteiger partial charge < -0.3 is 10.1 Å². The van der Waals surface area contributed by atoms with Crippen LogP contribution in [-0.2, 0) is 11.4 Å². The van der Waals surface area contributed by atoms with Crippen molar-refractivity contribution in [2.24, 2.45) is 0 Å². The summed E-state index contributed by atoms with van der Waals surface area (Å²) in [6.07, 6.45) is 1.46. The minimum atomic E-state index is -0.624. The van der Waals surface area contributed by atoms with Gasteiger partial charge >= 0.3 is 0 Å². The molecule has 150 valence electrons. The van der Waals surface area contributed by atoms with Gasteiger partial charge in [0.15, 0.2) is 0 Å². The third kappa shape index (κ3) is 5.64. The fourth-order valence-corrected chi connectivity index (χ4v) is 3.47. The number of carbonyl (C=O) groups is 1. The van der Waals surface area contributed by atoms with Crippen molar-refractivity contribution in [3.05, 3.63) is 97.9 Å². The van der Waals surface area contributed by atoms with Crippen LogP contribution in [0.3, 0.4) is 0 Å². The molecule has 1 N–H and O–H groups in total. The van der Waals surface area contributed by atoms with Crippen LogP contribution in [0.25, 0.3) is 6.08 Å². The minimum Gasteiger partial charge on any atom is -0.488 e. The van der Waals surface area contributed by atoms with E-state index in [0.29, 0.717) is 17.9 Å². The van der Waals surface area contributed by atoms with E-state index in [1.807, 2.05) is 42.5 Å². The predicted octanol–water partition coefficient (Wildman–Crippen LogP) is 6.88. The van der Waals surface area contributed by atoms with Gasteiger partial charge in [0.2, 0.25) is 0 Å². The maximum atomic E-state index is 12.7. The molecule has 0 radical (unpaired) electrons. The Hall–Kier alpha value is -2.78. The molecule has 0 atom stereocenters. The van der Waals surface area contributed by atoms with Gasteiger partial charge in [-0.05, 0) is 42.0 Å². The Bertz CT molecular complexity index is 1120. The summed E-state index contributed by atoms with van der Waals surface area (Å²) in [6, 6.07) is 21.9. The third-order valence-corrected chi connectivity index (χ3v) is 5.20. The first-order valence-electron chi connectivity index (χ1n) is 8.81. The van der Waals surface area contributed by atoms with Crippen molar-refractivity contribution in [1.82, 2.24) is 0 Å². The van der Waals surface area contributed by atoms with E-state index in [1.54, 1.807) is 30.3 Å². The molecule has 7 heteroatoms. The zero-order chi connectivity index (χ0) is 21.5. The SMILES string of the molecule is N#C/C(=C\c1cc(Br)ccc1OCc1ccccc1)C(=O)Nc1c(Cl)cccc1Cl. The standard InChI is InChI=1S/C23H15BrCl2N2O2/c24-18-9-10-21(30-14-15-5-2-1-3-6-15)16(12-18)11-17(13-27)23(29)28-22-19(25)7-4-8-20(22)26/h1-12H,14H2,(H,28,29)/b17-11+. The molecule has 0 heterocycles. The number of hydrogen-bond acceptors (Lipinski definition) is 3. The quantitative estimate of drug-likeness (QED) is 0.295. The Morgan fingerprint density at radius 3 is 2.43 bits per heavy atom. The first-order chi connectivity index (χ1) is 14.5. The molecule has 30 heavy (non-hydrogen) atoms. The summed E-state index contributed by atoms with van der Waals surface area (Å²) in [5, 5.41) is 12.7. The highest BCUT2D eigenvalue weighted by atomic mass is 79.9. The lowest BCUT2D eigenvalue weighted by molar-refractivity contribution is -0.112. The molecule has 0 fully saturated rings. The molecule has 0 aliphatic heterocycles. The van der Waals surface area contributed by atoms with E-state index in [-0.39, 0.29) is 21.3 Å². The van der Waals surface area contributed by atoms with E-state index >= 15 is 0 Å². The van der Waals surface area contributed by atoms with E-state index in [1.165, 1.54) is 6.08 Å². The van der Waals surface area contributed by atoms with E-state index in [9.17, 15) is 10.1 Å². The summed E-state index contributed by atoms with van der Waals surface area (Å²) in [7, 11) is 0. The smallest absolute Gasteiger partial charge is 0.266 e. The van der Waals surface area contributed by atoms with Crippen molar-refractivity contribution in [1.29, 1.82) is 5.26 Å². The van der Waals surface area contributed by atoms with Gasteiger partial charge in [-0.25, -0.2) is 0 Å². The van der Waals surface area contributed by atoms with Crippen molar-refractivity contribution >= 4 is 56.8 Å². The molecule has 0 aliphatic rings. The normalized spacial score (nSPS) is 10.9. The Kier molecular flexibility index (Phi) is 7.53. The number of nitrogens with one attached hydrogen (secondary N) is 1. The number of anilines is 1. The van der Waals surface area contributed by atoms with Crippen LogP contribution < -0.4 is 10.1 Å². The summed E-state index contributed by atoms with van der Waals surface area (Å²) in [5.74, 6) is -0.0835. The van der Waals surface area contributed by atoms with Crippen LogP contribution in [0.15, 0.2) is 76.8 Å². The van der Waals surface area contributed by atoms with Gasteiger partial charge in [-0.3, -0.25) is 4.79 Å². The summed E-state index contributed by atoms with van der Waals surface area (Å²) >= 11 is 15.6. The van der Waals surface area contributed by atoms with Crippen LogP contribution in [0.5, 0.6) is 5.75 Å². The number of para-hydroxylation sites is 1. The largest absolute Gasteiger partial charge is 0.488 e. The highest BCUT2D eigenvalue weighted by molar-refractivity contribution is 9.10. The topological polar surface area (TPSA) is 62.1 Å². The molecule has 4 nitrogen and oxygen atoms in total. The predicted molar refractivity (Wildman–Crippen MR) is 124 cm³/mol. The van der Waals surface area contributed by atoms with Gasteiger partial charge in [0.05, 0.1) is 15.7 Å². The number of benzene rings is 3. The van der Waals surface area contributed by atoms with Gasteiger partial charge in [0, 0.05) is 10.0 Å². The maximum Gasteiger partial charge on any atom is 0.266 e. The van der Waals surface area contributed by atoms with Crippen LogP contribution in [-0.4, -0.2) is 5.91 Å². The lowest BCUT2D eigenvalue weighted by Gasteiger charge is -2.11. The minimum absolute atomic E-state index is 0.117. The molecule has 0 aromatic heterocycles. The molecule has 0 unspecified atom stereocenters. The average Bonchev–Trinajstić information content (AvgIpc) is 2.74. The lowest BCUT2D eigenvalue weighted by Crippen LogP contribution is -2.14. The molecule has 3 rings (SSSR count). The molecule has 0 saturated heterocycles. The van der Waals surface area contributed by atoms with Crippen molar-refractivity contribution in [2.75, 3.05) is 5.32 Å². The fourth-order valence-electron chi connectivity index (χ4n) is 2.60. The molecule has 3 aromatic carbocycles. The lowest BCUT2D eigenvalue weighted by atomic mass is 10.1. The number of nitrogens with zero attached hydrogens (tertiary/aromatic N) is 1. The summed E-state index contributed by atoms with van der Waals surface area (Å²) in [5.41, 5.74) is 1.72. The van der Waals surface area contributed by atoms with Gasteiger partial charge in [-0.2, -0.15) is 5.26 Å². The molecule has 0 aliphatic carbocycles. The average molecular weight is 502 g/mol. The Labute approximate surface area is 192 Å². The number of carbonyl (C=O) groups excluding carboxylic acids is 1. The van der Waals surface area contributed by atoms with Crippen LogP contribution in [0.4, 0.5) is 5.69 Å². The van der Waals surface area contributed by atoms with Gasteiger partial charge in [0.25, 0.3) is 5.91 Å². The molecular formula is C23H15BrCl2N2O2. The number of ether oxygens (including phenoxy) is 1. The van der Waals surface area contributed by atoms with E-state index in [0.717, 1.165) is 10.0 Å². The fraction of sp³-hybridized carbons (Fsp3) is 0.0435. The maximum absolute atomic E-state index is 12.7. The first-order valence-corrected chi connectivity index (χ1v) is 10.4. The number of halogens is 3. The van der Waals surface area contributed by atoms with Crippen LogP contribution >= 0.6 is 39.1 Å². The summed E-state index contributed by atoms with van der Waals surface area (Å²) in [4.78, 5) is 12.7. The number of rotatable bonds is 6. The highest BCUT2D eigenvalue weighted by Gasteiger charge is 2.15. The summed E-state index contributed by atoms with van der Waals surface area (Å²) < 4.78 is 6.70. The van der Waals surface area contributed by atoms with Crippen molar-refractivity contribution in [2.45, 2.75) is 6.61 Å². The number of amides is 1. The third-order valence-electron chi connectivity index (χ3n) is 4.08. The van der Waals surface area contributed by atoms with Gasteiger partial charge in [-0.1, -0.05) is 75.5 Å². The molecule has 0 spiro atoms. The molecule has 3 aromatic rings. The highest BCUT2D eigenvalue weighted by Crippen LogP contribution is 2.31. The Balaban J connectivity index is 1.86. The van der Waals surface area contributed by atoms with Crippen LogP contribution in [0.2, 0.25) is 10.0 Å². The second-order valence-corrected chi connectivity index (χ2v) is 7.91. The second kappa shape index (κ2) is 10.3. The zero-order valence-electron chi connectivity index (χ0n) is 15.5. The molecule has 1 amide bonds. The molecule has 0 saturated carbocycles. The first kappa shape index (κ1) is 21.9. The van der Waals surface area contributed by atoms with Crippen LogP contribution in [0.1, 0.15) is 11.1 Å². The van der Waals surface area contributed by atoms with E-state index in [2.05, 4.69) is 21.2 Å². The van der Waals surface area contributed by atoms with Gasteiger partial charge in [0.1, 0.15) is 24.0 Å². The van der Waals surface area contributed by atoms with Crippen molar-refractivity contribution < 1.29 is 9.53 Å². The monoisotopic (exact) mass is 500 g/mol. The Morgan fingerprint density at radius 1 is 1.07 bits per heavy atom. The van der Waals surface area contributed by atoms with E-state index in [4.69, 9.17) is 27.9 Å². The van der Waals surface area contributed by atoms with Crippen LogP contribution in [0, 0.1) is 11.3 Å². The van der Waals surface area contributed by atoms with Crippen molar-refractivity contribution in [3.63, 3.8) is 0 Å². The molecule has 0 bridgehead atoms. The number of hydrogen-bond donors (Lipinski definition) is 1. The number of nitriles is 1. The van der Waals surface area contributed by atoms with E-state index < -0.39 is 5.91 Å². The zero-order valence-corrected chi connectivity index (χ0v) is 18.6. The van der Waals surface area contributed by atoms with Gasteiger partial charge in [-0.15, -0.1) is 0 Å². The Morgan fingerprint density at radius 2 is 1.77 bits per heavy atom. The van der Waals surface area contributed by atoms with Crippen molar-refractivity contribution in [3.8, 4) is 11.8 Å². The molecular weight excluding hydrogens is 487 g/mol.